The summed E-state index contributed by atoms with van der Waals surface area (Å²) in [4.78, 5) is 50.3. The highest BCUT2D eigenvalue weighted by Gasteiger charge is 2.34. The molecule has 1 aliphatic rings. The number of rotatable bonds is 8. The van der Waals surface area contributed by atoms with E-state index in [1.54, 1.807) is 43.3 Å². The van der Waals surface area contributed by atoms with Crippen molar-refractivity contribution in [2.75, 3.05) is 13.7 Å². The van der Waals surface area contributed by atoms with Crippen LogP contribution < -0.4 is 14.8 Å². The Balaban J connectivity index is 1.51. The Morgan fingerprint density at radius 2 is 1.78 bits per heavy atom. The molecule has 0 unspecified atom stereocenters. The summed E-state index contributed by atoms with van der Waals surface area (Å²) in [6.07, 6.45) is 1.47. The molecule has 37 heavy (non-hydrogen) atoms. The first-order valence-corrected chi connectivity index (χ1v) is 11.4. The van der Waals surface area contributed by atoms with Crippen LogP contribution in [-0.4, -0.2) is 42.5 Å². The van der Waals surface area contributed by atoms with Crippen LogP contribution in [-0.2, 0) is 16.1 Å². The summed E-state index contributed by atoms with van der Waals surface area (Å²) < 4.78 is 21.0. The molecule has 0 bridgehead atoms. The van der Waals surface area contributed by atoms with Gasteiger partial charge in [0, 0.05) is 5.02 Å². The van der Waals surface area contributed by atoms with E-state index in [9.17, 15) is 19.2 Å². The number of hydrogen-bond acceptors (Lipinski definition) is 8. The third-order valence-electron chi connectivity index (χ3n) is 5.19. The highest BCUT2D eigenvalue weighted by atomic mass is 35.5. The molecule has 1 saturated heterocycles. The average Bonchev–Trinajstić information content (AvgIpc) is 3.46. The van der Waals surface area contributed by atoms with Crippen molar-refractivity contribution < 1.29 is 37.8 Å². The number of urea groups is 1. The van der Waals surface area contributed by atoms with E-state index in [-0.39, 0.29) is 35.3 Å². The Morgan fingerprint density at radius 1 is 1.03 bits per heavy atom. The van der Waals surface area contributed by atoms with E-state index in [4.69, 9.17) is 25.5 Å². The molecule has 0 radical (unpaired) electrons. The van der Waals surface area contributed by atoms with E-state index < -0.39 is 23.9 Å². The smallest absolute Gasteiger partial charge is 0.373 e. The lowest BCUT2D eigenvalue weighted by Gasteiger charge is -2.12. The lowest BCUT2D eigenvalue weighted by molar-refractivity contribution is -0.123. The van der Waals surface area contributed by atoms with Crippen molar-refractivity contribution in [3.63, 3.8) is 0 Å². The molecule has 3 aromatic rings. The van der Waals surface area contributed by atoms with Crippen molar-refractivity contribution in [3.8, 4) is 11.5 Å². The Labute approximate surface area is 216 Å². The minimum absolute atomic E-state index is 0.0260. The van der Waals surface area contributed by atoms with Crippen molar-refractivity contribution in [1.82, 2.24) is 10.2 Å². The predicted octanol–water partition coefficient (Wildman–Crippen LogP) is 4.43. The zero-order valence-corrected chi connectivity index (χ0v) is 20.5. The summed E-state index contributed by atoms with van der Waals surface area (Å²) in [5.41, 5.74) is 0.858. The van der Waals surface area contributed by atoms with Crippen molar-refractivity contribution in [3.05, 3.63) is 88.0 Å². The second-order valence-electron chi connectivity index (χ2n) is 7.67. The topological polar surface area (TPSA) is 124 Å². The molecule has 1 aliphatic heterocycles. The molecule has 1 N–H and O–H groups in total. The second kappa shape index (κ2) is 11.0. The fourth-order valence-electron chi connectivity index (χ4n) is 3.42. The largest absolute Gasteiger partial charge is 0.490 e. The number of halogens is 1. The van der Waals surface area contributed by atoms with E-state index in [0.29, 0.717) is 22.8 Å². The zero-order chi connectivity index (χ0) is 26.5. The van der Waals surface area contributed by atoms with Crippen LogP contribution in [0, 0.1) is 0 Å². The highest BCUT2D eigenvalue weighted by molar-refractivity contribution is 6.30. The maximum atomic E-state index is 12.9. The third kappa shape index (κ3) is 5.81. The molecule has 0 spiro atoms. The van der Waals surface area contributed by atoms with Crippen LogP contribution in [0.2, 0.25) is 5.02 Å². The quantitative estimate of drug-likeness (QED) is 0.198. The van der Waals surface area contributed by atoms with Crippen LogP contribution in [0.15, 0.2) is 64.7 Å². The number of esters is 2. The number of amides is 3. The summed E-state index contributed by atoms with van der Waals surface area (Å²) in [5, 5.41) is 3.01. The fraction of sp³-hybridized carbons (Fsp3) is 0.154. The van der Waals surface area contributed by atoms with E-state index in [1.807, 2.05) is 0 Å². The summed E-state index contributed by atoms with van der Waals surface area (Å²) in [7, 11) is 1.21. The van der Waals surface area contributed by atoms with Crippen molar-refractivity contribution in [2.24, 2.45) is 0 Å². The molecule has 11 heteroatoms. The van der Waals surface area contributed by atoms with Crippen molar-refractivity contribution in [1.29, 1.82) is 0 Å². The van der Waals surface area contributed by atoms with E-state index in [1.165, 1.54) is 31.4 Å². The maximum Gasteiger partial charge on any atom is 0.373 e. The number of hydrogen-bond donors (Lipinski definition) is 1. The van der Waals surface area contributed by atoms with Gasteiger partial charge in [0.25, 0.3) is 5.91 Å². The van der Waals surface area contributed by atoms with Crippen LogP contribution in [0.25, 0.3) is 6.08 Å². The summed E-state index contributed by atoms with van der Waals surface area (Å²) in [6.45, 7) is 1.89. The molecular weight excluding hydrogens is 504 g/mol. The molecule has 0 atom stereocenters. The van der Waals surface area contributed by atoms with Crippen LogP contribution in [0.5, 0.6) is 11.5 Å². The molecular formula is C26H21ClN2O8. The van der Waals surface area contributed by atoms with Gasteiger partial charge in [-0.15, -0.1) is 0 Å². The standard InChI is InChI=1S/C26H21ClN2O8/c1-3-35-22-13-15(4-10-20(22)37-24(31)16-5-7-17(27)8-6-16)12-19-23(30)29(26(33)28-19)14-18-9-11-21(36-18)25(32)34-2/h4-13H,3,14H2,1-2H3,(H,28,33)/b19-12-. The minimum Gasteiger partial charge on any atom is -0.490 e. The number of carbonyl (C=O) groups excluding carboxylic acids is 4. The fourth-order valence-corrected chi connectivity index (χ4v) is 3.55. The monoisotopic (exact) mass is 524 g/mol. The van der Waals surface area contributed by atoms with E-state index in [2.05, 4.69) is 10.1 Å². The summed E-state index contributed by atoms with van der Waals surface area (Å²) >= 11 is 5.86. The number of nitrogens with zero attached hydrogens (tertiary/aromatic N) is 1. The number of ether oxygens (including phenoxy) is 3. The van der Waals surface area contributed by atoms with Gasteiger partial charge in [0.1, 0.15) is 11.5 Å². The number of benzene rings is 2. The molecule has 3 amide bonds. The lowest BCUT2D eigenvalue weighted by Crippen LogP contribution is -2.30. The molecule has 0 saturated carbocycles. The normalized spacial score (nSPS) is 14.0. The Hall–Kier alpha value is -4.57. The Morgan fingerprint density at radius 3 is 2.49 bits per heavy atom. The van der Waals surface area contributed by atoms with Gasteiger partial charge in [-0.2, -0.15) is 0 Å². The molecule has 190 valence electrons. The zero-order valence-electron chi connectivity index (χ0n) is 19.8. The summed E-state index contributed by atoms with van der Waals surface area (Å²) in [5.74, 6) is -1.19. The van der Waals surface area contributed by atoms with Crippen LogP contribution in [0.1, 0.15) is 39.2 Å². The summed E-state index contributed by atoms with van der Waals surface area (Å²) in [6, 6.07) is 13.2. The maximum absolute atomic E-state index is 12.9. The van der Waals surface area contributed by atoms with Crippen molar-refractivity contribution >= 4 is 41.6 Å². The first-order valence-electron chi connectivity index (χ1n) is 11.0. The van der Waals surface area contributed by atoms with Gasteiger partial charge in [0.15, 0.2) is 11.5 Å². The molecule has 1 fully saturated rings. The number of imide groups is 1. The van der Waals surface area contributed by atoms with Gasteiger partial charge in [0.2, 0.25) is 5.76 Å². The number of methoxy groups -OCH3 is 1. The van der Waals surface area contributed by atoms with Gasteiger partial charge in [-0.25, -0.2) is 14.4 Å². The molecule has 1 aromatic heterocycles. The first-order chi connectivity index (χ1) is 17.8. The second-order valence-corrected chi connectivity index (χ2v) is 8.11. The van der Waals surface area contributed by atoms with Crippen molar-refractivity contribution in [2.45, 2.75) is 13.5 Å². The van der Waals surface area contributed by atoms with Gasteiger partial charge in [-0.1, -0.05) is 17.7 Å². The van der Waals surface area contributed by atoms with Gasteiger partial charge in [0.05, 0.1) is 25.8 Å². The molecule has 2 heterocycles. The number of carbonyl (C=O) groups is 4. The van der Waals surface area contributed by atoms with Gasteiger partial charge >= 0.3 is 18.0 Å². The SMILES string of the molecule is CCOc1cc(/C=C2\NC(=O)N(Cc3ccc(C(=O)OC)o3)C2=O)ccc1OC(=O)c1ccc(Cl)cc1. The molecule has 10 nitrogen and oxygen atoms in total. The van der Waals surface area contributed by atoms with Crippen LogP contribution in [0.3, 0.4) is 0 Å². The minimum atomic E-state index is -0.670. The van der Waals surface area contributed by atoms with Gasteiger partial charge in [-0.3, -0.25) is 9.69 Å². The average molecular weight is 525 g/mol. The van der Waals surface area contributed by atoms with Crippen LogP contribution in [0.4, 0.5) is 4.79 Å². The molecule has 2 aromatic carbocycles. The molecule has 0 aliphatic carbocycles. The Kier molecular flexibility index (Phi) is 7.59. The highest BCUT2D eigenvalue weighted by Crippen LogP contribution is 2.31. The first kappa shape index (κ1) is 25.5. The van der Waals surface area contributed by atoms with E-state index >= 15 is 0 Å². The molecule has 4 rings (SSSR count). The number of nitrogens with one attached hydrogen (secondary N) is 1. The Bertz CT molecular complexity index is 1390. The van der Waals surface area contributed by atoms with Crippen LogP contribution >= 0.6 is 11.6 Å². The van der Waals surface area contributed by atoms with Gasteiger partial charge in [-0.05, 0) is 67.1 Å². The van der Waals surface area contributed by atoms with Gasteiger partial charge < -0.3 is 23.9 Å². The predicted molar refractivity (Wildman–Crippen MR) is 131 cm³/mol. The lowest BCUT2D eigenvalue weighted by atomic mass is 10.1. The number of furan rings is 1. The van der Waals surface area contributed by atoms with E-state index in [0.717, 1.165) is 4.90 Å². The third-order valence-corrected chi connectivity index (χ3v) is 5.44.